The zero-order valence-corrected chi connectivity index (χ0v) is 15.3. The van der Waals surface area contributed by atoms with Gasteiger partial charge in [0.05, 0.1) is 17.6 Å². The van der Waals surface area contributed by atoms with E-state index in [9.17, 15) is 9.18 Å². The average Bonchev–Trinajstić information content (AvgIpc) is 3.11. The lowest BCUT2D eigenvalue weighted by molar-refractivity contribution is 0.262. The minimum atomic E-state index is -0.397. The molecule has 0 radical (unpaired) electrons. The maximum Gasteiger partial charge on any atom is 0.323 e. The van der Waals surface area contributed by atoms with Crippen LogP contribution in [-0.2, 0) is 6.42 Å². The number of amides is 2. The van der Waals surface area contributed by atoms with E-state index in [0.717, 1.165) is 24.2 Å². The van der Waals surface area contributed by atoms with Gasteiger partial charge in [-0.1, -0.05) is 19.1 Å². The summed E-state index contributed by atoms with van der Waals surface area (Å²) in [6.07, 6.45) is 3.90. The Morgan fingerprint density at radius 3 is 2.22 bits per heavy atom. The van der Waals surface area contributed by atoms with Gasteiger partial charge in [0.25, 0.3) is 0 Å². The van der Waals surface area contributed by atoms with Gasteiger partial charge in [-0.3, -0.25) is 0 Å². The van der Waals surface area contributed by atoms with Crippen molar-refractivity contribution in [2.75, 3.05) is 10.6 Å². The molecule has 0 aliphatic carbocycles. The first-order chi connectivity index (χ1) is 13.0. The fourth-order valence-corrected chi connectivity index (χ4v) is 2.50. The Balaban J connectivity index is 1.58. The number of halogens is 1. The molecule has 0 unspecified atom stereocenters. The van der Waals surface area contributed by atoms with E-state index >= 15 is 0 Å². The summed E-state index contributed by atoms with van der Waals surface area (Å²) in [6, 6.07) is 12.5. The maximum absolute atomic E-state index is 12.9. The number of urea groups is 1. The summed E-state index contributed by atoms with van der Waals surface area (Å²) in [6.45, 7) is 4.37. The second-order valence-electron chi connectivity index (χ2n) is 6.72. The molecule has 0 fully saturated rings. The van der Waals surface area contributed by atoms with Crippen LogP contribution in [0.2, 0.25) is 0 Å². The van der Waals surface area contributed by atoms with Crippen molar-refractivity contribution in [1.82, 2.24) is 15.0 Å². The highest BCUT2D eigenvalue weighted by atomic mass is 19.1. The highest BCUT2D eigenvalue weighted by Crippen LogP contribution is 2.15. The summed E-state index contributed by atoms with van der Waals surface area (Å²) < 4.78 is 14.6. The molecule has 3 rings (SSSR count). The molecule has 0 aliphatic heterocycles. The fourth-order valence-electron chi connectivity index (χ4n) is 2.50. The number of nitrogens with zero attached hydrogens (tertiary/aromatic N) is 3. The van der Waals surface area contributed by atoms with Gasteiger partial charge in [-0.2, -0.15) is 0 Å². The van der Waals surface area contributed by atoms with Gasteiger partial charge in [-0.25, -0.2) is 13.9 Å². The smallest absolute Gasteiger partial charge is 0.308 e. The summed E-state index contributed by atoms with van der Waals surface area (Å²) in [5.41, 5.74) is 2.98. The minimum absolute atomic E-state index is 0.350. The van der Waals surface area contributed by atoms with Crippen molar-refractivity contribution in [3.05, 3.63) is 66.2 Å². The monoisotopic (exact) mass is 367 g/mol. The summed E-state index contributed by atoms with van der Waals surface area (Å²) in [5.74, 6) is 0.276. The molecule has 1 aromatic heterocycles. The summed E-state index contributed by atoms with van der Waals surface area (Å²) in [7, 11) is 0. The number of nitrogens with one attached hydrogen (secondary N) is 2. The van der Waals surface area contributed by atoms with E-state index in [1.807, 2.05) is 18.3 Å². The number of aryl methyl sites for hydroxylation is 1. The minimum Gasteiger partial charge on any atom is -0.308 e. The van der Waals surface area contributed by atoms with Crippen molar-refractivity contribution >= 4 is 17.4 Å². The Morgan fingerprint density at radius 1 is 1.04 bits per heavy atom. The molecule has 0 aliphatic rings. The zero-order valence-electron chi connectivity index (χ0n) is 15.3. The highest BCUT2D eigenvalue weighted by Gasteiger charge is 2.06. The van der Waals surface area contributed by atoms with Crippen LogP contribution >= 0.6 is 0 Å². The molecule has 0 spiro atoms. The Hall–Kier alpha value is -3.22. The Labute approximate surface area is 157 Å². The number of hydrogen-bond donors (Lipinski definition) is 2. The van der Waals surface area contributed by atoms with Crippen molar-refractivity contribution in [2.24, 2.45) is 5.92 Å². The van der Waals surface area contributed by atoms with Crippen LogP contribution in [0.25, 0.3) is 5.69 Å². The standard InChI is InChI=1S/C20H22FN5O/c1-14(2)3-6-18-13-26(25-24-18)19-11-9-17(10-12-19)23-20(27)22-16-7-4-15(21)5-8-16/h4-5,7-14H,3,6H2,1-2H3,(H2,22,23,27). The molecule has 1 heterocycles. The Morgan fingerprint density at radius 2 is 1.63 bits per heavy atom. The van der Waals surface area contributed by atoms with E-state index in [-0.39, 0.29) is 5.82 Å². The SMILES string of the molecule is CC(C)CCc1cn(-c2ccc(NC(=O)Nc3ccc(F)cc3)cc2)nn1. The number of benzene rings is 2. The molecule has 7 heteroatoms. The first-order valence-electron chi connectivity index (χ1n) is 8.85. The van der Waals surface area contributed by atoms with Gasteiger partial charge in [-0.05, 0) is 67.3 Å². The molecule has 0 saturated carbocycles. The van der Waals surface area contributed by atoms with Crippen LogP contribution in [0.4, 0.5) is 20.6 Å². The summed E-state index contributed by atoms with van der Waals surface area (Å²) >= 11 is 0. The molecule has 6 nitrogen and oxygen atoms in total. The second kappa shape index (κ2) is 8.44. The van der Waals surface area contributed by atoms with Crippen LogP contribution in [-0.4, -0.2) is 21.0 Å². The van der Waals surface area contributed by atoms with Crippen molar-refractivity contribution in [2.45, 2.75) is 26.7 Å². The molecule has 0 atom stereocenters. The lowest BCUT2D eigenvalue weighted by atomic mass is 10.1. The number of carbonyl (C=O) groups excluding carboxylic acids is 1. The summed E-state index contributed by atoms with van der Waals surface area (Å²) in [4.78, 5) is 12.0. The van der Waals surface area contributed by atoms with Crippen molar-refractivity contribution in [3.63, 3.8) is 0 Å². The van der Waals surface area contributed by atoms with Crippen LogP contribution in [0.1, 0.15) is 26.0 Å². The molecule has 3 aromatic rings. The molecule has 0 bridgehead atoms. The van der Waals surface area contributed by atoms with Crippen LogP contribution < -0.4 is 10.6 Å². The molecular weight excluding hydrogens is 345 g/mol. The van der Waals surface area contributed by atoms with E-state index in [0.29, 0.717) is 17.3 Å². The van der Waals surface area contributed by atoms with Gasteiger partial charge in [0.15, 0.2) is 0 Å². The van der Waals surface area contributed by atoms with Gasteiger partial charge in [-0.15, -0.1) is 5.10 Å². The largest absolute Gasteiger partial charge is 0.323 e. The lowest BCUT2D eigenvalue weighted by Crippen LogP contribution is -2.19. The molecule has 0 saturated heterocycles. The van der Waals surface area contributed by atoms with E-state index in [2.05, 4.69) is 34.8 Å². The maximum atomic E-state index is 12.9. The molecular formula is C20H22FN5O. The molecule has 2 amide bonds. The van der Waals surface area contributed by atoms with Gasteiger partial charge < -0.3 is 10.6 Å². The summed E-state index contributed by atoms with van der Waals surface area (Å²) in [5, 5.41) is 13.7. The van der Waals surface area contributed by atoms with Crippen molar-refractivity contribution in [1.29, 1.82) is 0 Å². The molecule has 2 aromatic carbocycles. The first-order valence-corrected chi connectivity index (χ1v) is 8.85. The third kappa shape index (κ3) is 5.37. The van der Waals surface area contributed by atoms with Crippen LogP contribution in [0.5, 0.6) is 0 Å². The van der Waals surface area contributed by atoms with Gasteiger partial charge in [0.1, 0.15) is 5.82 Å². The van der Waals surface area contributed by atoms with Gasteiger partial charge >= 0.3 is 6.03 Å². The quantitative estimate of drug-likeness (QED) is 0.667. The first kappa shape index (κ1) is 18.6. The zero-order chi connectivity index (χ0) is 19.2. The van der Waals surface area contributed by atoms with Gasteiger partial charge in [0.2, 0.25) is 0 Å². The Bertz CT molecular complexity index is 887. The number of aromatic nitrogens is 3. The van der Waals surface area contributed by atoms with Crippen molar-refractivity contribution < 1.29 is 9.18 Å². The number of anilines is 2. The number of carbonyl (C=O) groups is 1. The third-order valence-electron chi connectivity index (χ3n) is 4.01. The molecule has 140 valence electrons. The van der Waals surface area contributed by atoms with E-state index < -0.39 is 6.03 Å². The third-order valence-corrected chi connectivity index (χ3v) is 4.01. The Kier molecular flexibility index (Phi) is 5.80. The fraction of sp³-hybridized carbons (Fsp3) is 0.250. The van der Waals surface area contributed by atoms with E-state index in [4.69, 9.17) is 0 Å². The van der Waals surface area contributed by atoms with Crippen LogP contribution in [0.3, 0.4) is 0 Å². The number of rotatable bonds is 6. The molecule has 2 N–H and O–H groups in total. The van der Waals surface area contributed by atoms with Crippen LogP contribution in [0, 0.1) is 11.7 Å². The number of hydrogen-bond acceptors (Lipinski definition) is 3. The van der Waals surface area contributed by atoms with E-state index in [1.54, 1.807) is 16.8 Å². The predicted molar refractivity (Wildman–Crippen MR) is 104 cm³/mol. The van der Waals surface area contributed by atoms with E-state index in [1.165, 1.54) is 24.3 Å². The topological polar surface area (TPSA) is 71.8 Å². The lowest BCUT2D eigenvalue weighted by Gasteiger charge is -2.08. The van der Waals surface area contributed by atoms with Gasteiger partial charge in [0, 0.05) is 11.4 Å². The van der Waals surface area contributed by atoms with Crippen molar-refractivity contribution in [3.8, 4) is 5.69 Å². The predicted octanol–water partition coefficient (Wildman–Crippen LogP) is 4.64. The normalized spacial score (nSPS) is 10.8. The van der Waals surface area contributed by atoms with Crippen LogP contribution in [0.15, 0.2) is 54.7 Å². The highest BCUT2D eigenvalue weighted by molar-refractivity contribution is 5.99. The second-order valence-corrected chi connectivity index (χ2v) is 6.72. The average molecular weight is 367 g/mol. The molecule has 27 heavy (non-hydrogen) atoms.